The Bertz CT molecular complexity index is 511. The van der Waals surface area contributed by atoms with E-state index in [0.29, 0.717) is 12.5 Å². The monoisotopic (exact) mass is 325 g/mol. The summed E-state index contributed by atoms with van der Waals surface area (Å²) < 4.78 is 0. The number of thiazole rings is 1. The minimum atomic E-state index is 0.240. The number of hydrogen-bond acceptors (Lipinski definition) is 5. The van der Waals surface area contributed by atoms with Gasteiger partial charge < -0.3 is 10.2 Å². The van der Waals surface area contributed by atoms with E-state index in [1.165, 1.54) is 10.6 Å². The van der Waals surface area contributed by atoms with Gasteiger partial charge in [0.15, 0.2) is 0 Å². The van der Waals surface area contributed by atoms with Gasteiger partial charge in [0.1, 0.15) is 0 Å². The van der Waals surface area contributed by atoms with Crippen molar-refractivity contribution in [2.24, 2.45) is 0 Å². The van der Waals surface area contributed by atoms with Crippen LogP contribution in [0.15, 0.2) is 0 Å². The second-order valence-electron chi connectivity index (χ2n) is 5.89. The van der Waals surface area contributed by atoms with E-state index in [0.717, 1.165) is 42.3 Å². The molecule has 2 unspecified atom stereocenters. The highest BCUT2D eigenvalue weighted by molar-refractivity contribution is 7.99. The van der Waals surface area contributed by atoms with E-state index in [4.69, 9.17) is 0 Å². The Labute approximate surface area is 134 Å². The number of thioether (sulfide) groups is 1. The number of aryl methyl sites for hydroxylation is 2. The SMILES string of the molecule is Cc1nc2c(s1)C(N(C)C(=O)CC1CSCCN1)CCC2. The average molecular weight is 326 g/mol. The molecular formula is C15H23N3OS2. The highest BCUT2D eigenvalue weighted by Crippen LogP contribution is 2.37. The van der Waals surface area contributed by atoms with Gasteiger partial charge in [0, 0.05) is 37.6 Å². The highest BCUT2D eigenvalue weighted by atomic mass is 32.2. The van der Waals surface area contributed by atoms with Crippen molar-refractivity contribution in [3.05, 3.63) is 15.6 Å². The second-order valence-corrected chi connectivity index (χ2v) is 8.27. The van der Waals surface area contributed by atoms with Gasteiger partial charge in [-0.25, -0.2) is 4.98 Å². The topological polar surface area (TPSA) is 45.2 Å². The number of aromatic nitrogens is 1. The van der Waals surface area contributed by atoms with Gasteiger partial charge in [0.25, 0.3) is 0 Å². The third-order valence-corrected chi connectivity index (χ3v) is 6.55. The maximum absolute atomic E-state index is 12.6. The Morgan fingerprint density at radius 3 is 3.14 bits per heavy atom. The van der Waals surface area contributed by atoms with E-state index >= 15 is 0 Å². The van der Waals surface area contributed by atoms with Crippen LogP contribution in [-0.4, -0.2) is 46.9 Å². The van der Waals surface area contributed by atoms with Crippen LogP contribution in [0.25, 0.3) is 0 Å². The summed E-state index contributed by atoms with van der Waals surface area (Å²) in [5.74, 6) is 2.47. The van der Waals surface area contributed by atoms with Crippen molar-refractivity contribution in [3.8, 4) is 0 Å². The van der Waals surface area contributed by atoms with Crippen molar-refractivity contribution in [2.45, 2.75) is 44.7 Å². The number of nitrogens with zero attached hydrogens (tertiary/aromatic N) is 2. The van der Waals surface area contributed by atoms with Crippen LogP contribution in [-0.2, 0) is 11.2 Å². The number of rotatable bonds is 3. The Morgan fingerprint density at radius 1 is 1.52 bits per heavy atom. The van der Waals surface area contributed by atoms with Crippen molar-refractivity contribution in [1.82, 2.24) is 15.2 Å². The number of amides is 1. The Balaban J connectivity index is 1.67. The molecule has 21 heavy (non-hydrogen) atoms. The lowest BCUT2D eigenvalue weighted by atomic mass is 9.96. The Hall–Kier alpha value is -0.590. The largest absolute Gasteiger partial charge is 0.338 e. The van der Waals surface area contributed by atoms with Gasteiger partial charge in [0.05, 0.1) is 21.6 Å². The molecule has 2 atom stereocenters. The fourth-order valence-corrected chi connectivity index (χ4v) is 5.27. The number of carbonyl (C=O) groups excluding carboxylic acids is 1. The first-order valence-electron chi connectivity index (χ1n) is 7.68. The molecule has 0 spiro atoms. The number of hydrogen-bond donors (Lipinski definition) is 1. The molecule has 1 aliphatic carbocycles. The van der Waals surface area contributed by atoms with Crippen molar-refractivity contribution in [3.63, 3.8) is 0 Å². The molecule has 3 rings (SSSR count). The fraction of sp³-hybridized carbons (Fsp3) is 0.733. The zero-order valence-corrected chi connectivity index (χ0v) is 14.4. The number of fused-ring (bicyclic) bond motifs is 1. The standard InChI is InChI=1S/C15H23N3OS2/c1-10-17-12-4-3-5-13(15(12)21-10)18(2)14(19)8-11-9-20-7-6-16-11/h11,13,16H,3-9H2,1-2H3. The van der Waals surface area contributed by atoms with Crippen LogP contribution in [0.2, 0.25) is 0 Å². The molecule has 2 aliphatic rings. The predicted octanol–water partition coefficient (Wildman–Crippen LogP) is 2.38. The minimum absolute atomic E-state index is 0.240. The van der Waals surface area contributed by atoms with E-state index < -0.39 is 0 Å². The minimum Gasteiger partial charge on any atom is -0.338 e. The van der Waals surface area contributed by atoms with Crippen molar-refractivity contribution < 1.29 is 4.79 Å². The maximum atomic E-state index is 12.6. The summed E-state index contributed by atoms with van der Waals surface area (Å²) in [6, 6.07) is 0.577. The van der Waals surface area contributed by atoms with Crippen molar-refractivity contribution >= 4 is 29.0 Å². The third kappa shape index (κ3) is 3.43. The van der Waals surface area contributed by atoms with Crippen LogP contribution in [0.1, 0.15) is 40.9 Å². The zero-order chi connectivity index (χ0) is 14.8. The molecule has 6 heteroatoms. The third-order valence-electron chi connectivity index (χ3n) is 4.31. The lowest BCUT2D eigenvalue weighted by Crippen LogP contribution is -2.42. The van der Waals surface area contributed by atoms with Crippen LogP contribution in [0.5, 0.6) is 0 Å². The second kappa shape index (κ2) is 6.67. The smallest absolute Gasteiger partial charge is 0.224 e. The van der Waals surface area contributed by atoms with Crippen LogP contribution >= 0.6 is 23.1 Å². The molecule has 0 radical (unpaired) electrons. The molecule has 1 amide bonds. The molecule has 1 saturated heterocycles. The Kier molecular flexibility index (Phi) is 4.86. The van der Waals surface area contributed by atoms with Gasteiger partial charge in [-0.2, -0.15) is 11.8 Å². The summed E-state index contributed by atoms with van der Waals surface area (Å²) >= 11 is 3.71. The summed E-state index contributed by atoms with van der Waals surface area (Å²) in [4.78, 5) is 20.5. The van der Waals surface area contributed by atoms with E-state index in [1.54, 1.807) is 11.3 Å². The molecule has 0 bridgehead atoms. The van der Waals surface area contributed by atoms with Gasteiger partial charge in [-0.1, -0.05) is 0 Å². The number of nitrogens with one attached hydrogen (secondary N) is 1. The quantitative estimate of drug-likeness (QED) is 0.927. The molecule has 4 nitrogen and oxygen atoms in total. The van der Waals surface area contributed by atoms with Crippen LogP contribution in [0.3, 0.4) is 0 Å². The molecule has 0 saturated carbocycles. The Morgan fingerprint density at radius 2 is 2.38 bits per heavy atom. The zero-order valence-electron chi connectivity index (χ0n) is 12.7. The highest BCUT2D eigenvalue weighted by Gasteiger charge is 2.30. The maximum Gasteiger partial charge on any atom is 0.224 e. The molecule has 1 aromatic heterocycles. The van der Waals surface area contributed by atoms with Crippen LogP contribution in [0, 0.1) is 6.92 Å². The summed E-state index contributed by atoms with van der Waals surface area (Å²) in [5.41, 5.74) is 1.22. The van der Waals surface area contributed by atoms with E-state index in [-0.39, 0.29) is 11.9 Å². The first-order valence-corrected chi connectivity index (χ1v) is 9.65. The fourth-order valence-electron chi connectivity index (χ4n) is 3.17. The molecule has 1 aromatic rings. The van der Waals surface area contributed by atoms with E-state index in [9.17, 15) is 4.79 Å². The van der Waals surface area contributed by atoms with Gasteiger partial charge in [-0.3, -0.25) is 4.79 Å². The summed E-state index contributed by atoms with van der Waals surface area (Å²) in [6.45, 7) is 3.08. The molecule has 1 aliphatic heterocycles. The van der Waals surface area contributed by atoms with Crippen molar-refractivity contribution in [2.75, 3.05) is 25.1 Å². The van der Waals surface area contributed by atoms with Crippen LogP contribution in [0.4, 0.5) is 0 Å². The van der Waals surface area contributed by atoms with Gasteiger partial charge in [-0.15, -0.1) is 11.3 Å². The number of carbonyl (C=O) groups is 1. The molecule has 2 heterocycles. The van der Waals surface area contributed by atoms with Gasteiger partial charge in [-0.05, 0) is 26.2 Å². The normalized spacial score (nSPS) is 25.4. The molecular weight excluding hydrogens is 302 g/mol. The molecule has 0 aromatic carbocycles. The summed E-state index contributed by atoms with van der Waals surface area (Å²) in [5, 5.41) is 4.58. The first-order chi connectivity index (χ1) is 10.1. The lowest BCUT2D eigenvalue weighted by Gasteiger charge is -2.32. The molecule has 116 valence electrons. The average Bonchev–Trinajstić information content (AvgIpc) is 2.87. The van der Waals surface area contributed by atoms with Gasteiger partial charge >= 0.3 is 0 Å². The molecule has 1 fully saturated rings. The van der Waals surface area contributed by atoms with Gasteiger partial charge in [0.2, 0.25) is 5.91 Å². The summed E-state index contributed by atoms with van der Waals surface area (Å²) in [6.07, 6.45) is 3.89. The van der Waals surface area contributed by atoms with E-state index in [2.05, 4.69) is 17.2 Å². The lowest BCUT2D eigenvalue weighted by molar-refractivity contribution is -0.132. The van der Waals surface area contributed by atoms with E-state index in [1.807, 2.05) is 23.7 Å². The first kappa shape index (κ1) is 15.3. The van der Waals surface area contributed by atoms with Crippen LogP contribution < -0.4 is 5.32 Å². The summed E-state index contributed by atoms with van der Waals surface area (Å²) in [7, 11) is 1.97. The van der Waals surface area contributed by atoms with Crippen molar-refractivity contribution in [1.29, 1.82) is 0 Å². The molecule has 1 N–H and O–H groups in total. The predicted molar refractivity (Wildman–Crippen MR) is 89.0 cm³/mol.